The summed E-state index contributed by atoms with van der Waals surface area (Å²) >= 11 is 0. The van der Waals surface area contributed by atoms with E-state index in [-0.39, 0.29) is 11.3 Å². The van der Waals surface area contributed by atoms with Gasteiger partial charge < -0.3 is 10.1 Å². The molecular weight excluding hydrogens is 214 g/mol. The summed E-state index contributed by atoms with van der Waals surface area (Å²) in [5, 5.41) is 2.84. The number of rotatable bonds is 4. The predicted octanol–water partition coefficient (Wildman–Crippen LogP) is 2.96. The molecule has 0 saturated carbocycles. The van der Waals surface area contributed by atoms with Crippen molar-refractivity contribution in [1.82, 2.24) is 0 Å². The first kappa shape index (κ1) is 13.7. The van der Waals surface area contributed by atoms with Gasteiger partial charge in [-0.3, -0.25) is 4.79 Å². The zero-order chi connectivity index (χ0) is 12.9. The molecule has 0 unspecified atom stereocenters. The van der Waals surface area contributed by atoms with Crippen molar-refractivity contribution in [2.45, 2.75) is 32.6 Å². The predicted molar refractivity (Wildman–Crippen MR) is 70.3 cm³/mol. The van der Waals surface area contributed by atoms with E-state index in [0.29, 0.717) is 13.0 Å². The Kier molecular flexibility index (Phi) is 4.70. The van der Waals surface area contributed by atoms with E-state index in [4.69, 9.17) is 4.74 Å². The van der Waals surface area contributed by atoms with Crippen molar-refractivity contribution in [1.29, 1.82) is 0 Å². The molecule has 1 N–H and O–H groups in total. The standard InChI is InChI=1S/C14H21NO2/c1-14(2,3)11-5-7-12(8-6-11)15-13(16)9-10-17-4/h5-8H,9-10H2,1-4H3,(H,15,16). The molecule has 1 aromatic rings. The molecule has 0 heterocycles. The highest BCUT2D eigenvalue weighted by molar-refractivity contribution is 5.90. The van der Waals surface area contributed by atoms with Gasteiger partial charge in [0.05, 0.1) is 13.0 Å². The van der Waals surface area contributed by atoms with E-state index in [0.717, 1.165) is 5.69 Å². The monoisotopic (exact) mass is 235 g/mol. The molecule has 1 amide bonds. The van der Waals surface area contributed by atoms with Crippen molar-refractivity contribution < 1.29 is 9.53 Å². The largest absolute Gasteiger partial charge is 0.384 e. The van der Waals surface area contributed by atoms with Crippen LogP contribution in [0.1, 0.15) is 32.8 Å². The number of carbonyl (C=O) groups excluding carboxylic acids is 1. The first-order valence-electron chi connectivity index (χ1n) is 5.83. The van der Waals surface area contributed by atoms with Gasteiger partial charge in [-0.15, -0.1) is 0 Å². The SMILES string of the molecule is COCCC(=O)Nc1ccc(C(C)(C)C)cc1. The Morgan fingerprint density at radius 3 is 2.29 bits per heavy atom. The summed E-state index contributed by atoms with van der Waals surface area (Å²) in [5.41, 5.74) is 2.23. The average molecular weight is 235 g/mol. The Morgan fingerprint density at radius 1 is 1.24 bits per heavy atom. The third-order valence-electron chi connectivity index (χ3n) is 2.57. The highest BCUT2D eigenvalue weighted by Crippen LogP contribution is 2.23. The molecule has 0 saturated heterocycles. The van der Waals surface area contributed by atoms with Gasteiger partial charge in [0, 0.05) is 12.8 Å². The lowest BCUT2D eigenvalue weighted by atomic mass is 9.87. The number of hydrogen-bond donors (Lipinski definition) is 1. The molecule has 17 heavy (non-hydrogen) atoms. The normalized spacial score (nSPS) is 11.3. The Labute approximate surface area is 103 Å². The molecule has 1 rings (SSSR count). The maximum Gasteiger partial charge on any atom is 0.226 e. The third kappa shape index (κ3) is 4.57. The van der Waals surface area contributed by atoms with Crippen LogP contribution in [0.5, 0.6) is 0 Å². The minimum atomic E-state index is -0.0182. The minimum Gasteiger partial charge on any atom is -0.384 e. The van der Waals surface area contributed by atoms with E-state index in [1.807, 2.05) is 24.3 Å². The molecule has 94 valence electrons. The first-order chi connectivity index (χ1) is 7.93. The summed E-state index contributed by atoms with van der Waals surface area (Å²) in [5.74, 6) is -0.0182. The highest BCUT2D eigenvalue weighted by atomic mass is 16.5. The van der Waals surface area contributed by atoms with Crippen molar-refractivity contribution in [2.75, 3.05) is 19.0 Å². The molecule has 0 aliphatic carbocycles. The Balaban J connectivity index is 2.60. The molecule has 0 radical (unpaired) electrons. The quantitative estimate of drug-likeness (QED) is 0.871. The van der Waals surface area contributed by atoms with Gasteiger partial charge in [-0.2, -0.15) is 0 Å². The number of hydrogen-bond acceptors (Lipinski definition) is 2. The summed E-state index contributed by atoms with van der Waals surface area (Å²) in [6.45, 7) is 6.95. The van der Waals surface area contributed by atoms with Gasteiger partial charge in [0.15, 0.2) is 0 Å². The van der Waals surface area contributed by atoms with E-state index in [9.17, 15) is 4.79 Å². The zero-order valence-corrected chi connectivity index (χ0v) is 11.0. The van der Waals surface area contributed by atoms with Crippen molar-refractivity contribution >= 4 is 11.6 Å². The molecule has 3 heteroatoms. The second-order valence-corrected chi connectivity index (χ2v) is 5.12. The molecule has 0 aliphatic rings. The Bertz CT molecular complexity index is 363. The molecule has 0 spiro atoms. The van der Waals surface area contributed by atoms with Crippen molar-refractivity contribution in [3.8, 4) is 0 Å². The van der Waals surface area contributed by atoms with Crippen molar-refractivity contribution in [3.63, 3.8) is 0 Å². The Morgan fingerprint density at radius 2 is 1.82 bits per heavy atom. The van der Waals surface area contributed by atoms with E-state index in [1.165, 1.54) is 5.56 Å². The topological polar surface area (TPSA) is 38.3 Å². The first-order valence-corrected chi connectivity index (χ1v) is 5.83. The number of methoxy groups -OCH3 is 1. The van der Waals surface area contributed by atoms with Crippen LogP contribution < -0.4 is 5.32 Å². The van der Waals surface area contributed by atoms with E-state index < -0.39 is 0 Å². The maximum absolute atomic E-state index is 11.5. The number of ether oxygens (including phenoxy) is 1. The molecule has 0 atom stereocenters. The van der Waals surface area contributed by atoms with Gasteiger partial charge in [-0.05, 0) is 23.1 Å². The number of carbonyl (C=O) groups is 1. The molecule has 3 nitrogen and oxygen atoms in total. The second-order valence-electron chi connectivity index (χ2n) is 5.12. The summed E-state index contributed by atoms with van der Waals surface area (Å²) in [6.07, 6.45) is 0.386. The fourth-order valence-corrected chi connectivity index (χ4v) is 1.47. The molecule has 0 aliphatic heterocycles. The maximum atomic E-state index is 11.5. The average Bonchev–Trinajstić information content (AvgIpc) is 2.26. The zero-order valence-electron chi connectivity index (χ0n) is 11.0. The fraction of sp³-hybridized carbons (Fsp3) is 0.500. The molecule has 0 bridgehead atoms. The summed E-state index contributed by atoms with van der Waals surface area (Å²) < 4.78 is 4.85. The number of amides is 1. The van der Waals surface area contributed by atoms with Gasteiger partial charge in [0.1, 0.15) is 0 Å². The minimum absolute atomic E-state index is 0.0182. The smallest absolute Gasteiger partial charge is 0.226 e. The lowest BCUT2D eigenvalue weighted by Crippen LogP contribution is -2.14. The lowest BCUT2D eigenvalue weighted by molar-refractivity contribution is -0.117. The van der Waals surface area contributed by atoms with Crippen LogP contribution in [0.2, 0.25) is 0 Å². The van der Waals surface area contributed by atoms with Crippen LogP contribution in [-0.2, 0) is 14.9 Å². The summed E-state index contributed by atoms with van der Waals surface area (Å²) in [7, 11) is 1.59. The number of anilines is 1. The van der Waals surface area contributed by atoms with E-state index in [1.54, 1.807) is 7.11 Å². The van der Waals surface area contributed by atoms with Gasteiger partial charge >= 0.3 is 0 Å². The fourth-order valence-electron chi connectivity index (χ4n) is 1.47. The van der Waals surface area contributed by atoms with E-state index in [2.05, 4.69) is 26.1 Å². The number of nitrogens with one attached hydrogen (secondary N) is 1. The van der Waals surface area contributed by atoms with Gasteiger partial charge in [-0.1, -0.05) is 32.9 Å². The van der Waals surface area contributed by atoms with Crippen LogP contribution in [0.25, 0.3) is 0 Å². The van der Waals surface area contributed by atoms with Crippen molar-refractivity contribution in [3.05, 3.63) is 29.8 Å². The molecule has 0 aromatic heterocycles. The van der Waals surface area contributed by atoms with Crippen LogP contribution in [0, 0.1) is 0 Å². The Hall–Kier alpha value is -1.35. The van der Waals surface area contributed by atoms with Gasteiger partial charge in [0.25, 0.3) is 0 Å². The van der Waals surface area contributed by atoms with Crippen LogP contribution in [-0.4, -0.2) is 19.6 Å². The summed E-state index contributed by atoms with van der Waals surface area (Å²) in [6, 6.07) is 7.97. The van der Waals surface area contributed by atoms with Crippen molar-refractivity contribution in [2.24, 2.45) is 0 Å². The highest BCUT2D eigenvalue weighted by Gasteiger charge is 2.13. The van der Waals surface area contributed by atoms with Crippen LogP contribution >= 0.6 is 0 Å². The van der Waals surface area contributed by atoms with Crippen LogP contribution in [0.3, 0.4) is 0 Å². The van der Waals surface area contributed by atoms with Gasteiger partial charge in [0.2, 0.25) is 5.91 Å². The summed E-state index contributed by atoms with van der Waals surface area (Å²) in [4.78, 5) is 11.5. The van der Waals surface area contributed by atoms with Crippen LogP contribution in [0.15, 0.2) is 24.3 Å². The third-order valence-corrected chi connectivity index (χ3v) is 2.57. The molecular formula is C14H21NO2. The second kappa shape index (κ2) is 5.82. The number of benzene rings is 1. The molecule has 0 fully saturated rings. The van der Waals surface area contributed by atoms with Gasteiger partial charge in [-0.25, -0.2) is 0 Å². The van der Waals surface area contributed by atoms with Crippen LogP contribution in [0.4, 0.5) is 5.69 Å². The lowest BCUT2D eigenvalue weighted by Gasteiger charge is -2.19. The van der Waals surface area contributed by atoms with E-state index >= 15 is 0 Å². The molecule has 1 aromatic carbocycles.